The minimum atomic E-state index is -0.712. The van der Waals surface area contributed by atoms with Gasteiger partial charge in [-0.2, -0.15) is 17.0 Å². The summed E-state index contributed by atoms with van der Waals surface area (Å²) in [7, 11) is 0. The molecule has 0 spiro atoms. The minimum absolute atomic E-state index is 0.282. The molecular weight excluding hydrogens is 382 g/mol. The van der Waals surface area contributed by atoms with Crippen LogP contribution in [0, 0.1) is 11.3 Å². The van der Waals surface area contributed by atoms with Crippen LogP contribution in [0.5, 0.6) is 5.75 Å². The number of nitriles is 1. The second kappa shape index (κ2) is 9.03. The van der Waals surface area contributed by atoms with Crippen molar-refractivity contribution in [3.05, 3.63) is 53.1 Å². The summed E-state index contributed by atoms with van der Waals surface area (Å²) >= 11 is 8.37. The molecule has 1 fully saturated rings. The Labute approximate surface area is 168 Å². The predicted molar refractivity (Wildman–Crippen MR) is 111 cm³/mol. The second-order valence-electron chi connectivity index (χ2n) is 6.15. The number of ether oxygens (including phenoxy) is 1. The molecule has 0 saturated carbocycles. The van der Waals surface area contributed by atoms with Gasteiger partial charge in [-0.3, -0.25) is 4.79 Å². The molecule has 1 aliphatic rings. The van der Waals surface area contributed by atoms with Gasteiger partial charge in [0.15, 0.2) is 6.10 Å². The van der Waals surface area contributed by atoms with Crippen molar-refractivity contribution >= 4 is 40.6 Å². The minimum Gasteiger partial charge on any atom is -0.481 e. The Balaban J connectivity index is 1.62. The highest BCUT2D eigenvalue weighted by Gasteiger charge is 2.17. The molecule has 27 heavy (non-hydrogen) atoms. The number of nitrogens with one attached hydrogen (secondary N) is 1. The Hall–Kier alpha value is -2.36. The van der Waals surface area contributed by atoms with E-state index in [1.54, 1.807) is 37.3 Å². The lowest BCUT2D eigenvalue weighted by molar-refractivity contribution is -0.122. The first-order valence-electron chi connectivity index (χ1n) is 8.67. The number of amides is 1. The Morgan fingerprint density at radius 3 is 2.78 bits per heavy atom. The summed E-state index contributed by atoms with van der Waals surface area (Å²) in [6, 6.07) is 14.3. The van der Waals surface area contributed by atoms with Gasteiger partial charge in [-0.15, -0.1) is 0 Å². The molecule has 0 radical (unpaired) electrons. The van der Waals surface area contributed by atoms with E-state index in [0.29, 0.717) is 22.0 Å². The molecule has 140 valence electrons. The molecule has 0 aromatic heterocycles. The zero-order valence-corrected chi connectivity index (χ0v) is 16.5. The standard InChI is InChI=1S/C20H20ClN3O2S/c1-14(26-17-4-2-3-15(11-17)13-22)20(25)23-16-5-6-19(18(21)12-16)24-7-9-27-10-8-24/h2-6,11-12,14H,7-10H2,1H3,(H,23,25). The molecule has 5 nitrogen and oxygen atoms in total. The van der Waals surface area contributed by atoms with Crippen LogP contribution in [0.4, 0.5) is 11.4 Å². The largest absolute Gasteiger partial charge is 0.481 e. The fourth-order valence-corrected chi connectivity index (χ4v) is 3.99. The number of benzene rings is 2. The number of carbonyl (C=O) groups is 1. The van der Waals surface area contributed by atoms with E-state index in [2.05, 4.69) is 10.2 Å². The maximum atomic E-state index is 12.4. The van der Waals surface area contributed by atoms with E-state index in [1.165, 1.54) is 0 Å². The molecule has 1 atom stereocenters. The van der Waals surface area contributed by atoms with Crippen LogP contribution in [-0.2, 0) is 4.79 Å². The molecule has 2 aromatic rings. The van der Waals surface area contributed by atoms with Crippen molar-refractivity contribution in [3.8, 4) is 11.8 Å². The monoisotopic (exact) mass is 401 g/mol. The van der Waals surface area contributed by atoms with Gasteiger partial charge in [0.25, 0.3) is 5.91 Å². The lowest BCUT2D eigenvalue weighted by atomic mass is 10.2. The Morgan fingerprint density at radius 2 is 2.07 bits per heavy atom. The van der Waals surface area contributed by atoms with Crippen molar-refractivity contribution in [2.45, 2.75) is 13.0 Å². The van der Waals surface area contributed by atoms with Crippen LogP contribution in [0.25, 0.3) is 0 Å². The maximum absolute atomic E-state index is 12.4. The van der Waals surface area contributed by atoms with Crippen LogP contribution in [0.15, 0.2) is 42.5 Å². The molecule has 3 rings (SSSR count). The highest BCUT2D eigenvalue weighted by molar-refractivity contribution is 7.99. The zero-order valence-electron chi connectivity index (χ0n) is 14.9. The number of thioether (sulfide) groups is 1. The quantitative estimate of drug-likeness (QED) is 0.814. The third kappa shape index (κ3) is 5.09. The number of halogens is 1. The highest BCUT2D eigenvalue weighted by Crippen LogP contribution is 2.30. The SMILES string of the molecule is CC(Oc1cccc(C#N)c1)C(=O)Nc1ccc(N2CCSCC2)c(Cl)c1. The number of anilines is 2. The lowest BCUT2D eigenvalue weighted by Crippen LogP contribution is -2.32. The van der Waals surface area contributed by atoms with E-state index in [-0.39, 0.29) is 5.91 Å². The zero-order chi connectivity index (χ0) is 19.2. The van der Waals surface area contributed by atoms with Gasteiger partial charge in [0.2, 0.25) is 0 Å². The average Bonchev–Trinajstić information content (AvgIpc) is 2.69. The molecular formula is C20H20ClN3O2S. The van der Waals surface area contributed by atoms with Gasteiger partial charge in [0.05, 0.1) is 22.3 Å². The summed E-state index contributed by atoms with van der Waals surface area (Å²) < 4.78 is 5.63. The van der Waals surface area contributed by atoms with E-state index in [4.69, 9.17) is 21.6 Å². The Morgan fingerprint density at radius 1 is 1.30 bits per heavy atom. The van der Waals surface area contributed by atoms with Gasteiger partial charge in [0, 0.05) is 30.3 Å². The average molecular weight is 402 g/mol. The third-order valence-electron chi connectivity index (χ3n) is 4.21. The van der Waals surface area contributed by atoms with E-state index in [9.17, 15) is 4.79 Å². The second-order valence-corrected chi connectivity index (χ2v) is 7.79. The Kier molecular flexibility index (Phi) is 6.49. The molecule has 0 aliphatic carbocycles. The number of hydrogen-bond acceptors (Lipinski definition) is 5. The van der Waals surface area contributed by atoms with Gasteiger partial charge in [0.1, 0.15) is 5.75 Å². The van der Waals surface area contributed by atoms with E-state index in [1.807, 2.05) is 30.0 Å². The lowest BCUT2D eigenvalue weighted by Gasteiger charge is -2.29. The predicted octanol–water partition coefficient (Wildman–Crippen LogP) is 4.17. The van der Waals surface area contributed by atoms with Crippen molar-refractivity contribution in [2.75, 3.05) is 34.8 Å². The smallest absolute Gasteiger partial charge is 0.265 e. The van der Waals surface area contributed by atoms with Gasteiger partial charge >= 0.3 is 0 Å². The fourth-order valence-electron chi connectivity index (χ4n) is 2.79. The van der Waals surface area contributed by atoms with Crippen LogP contribution in [0.2, 0.25) is 5.02 Å². The maximum Gasteiger partial charge on any atom is 0.265 e. The summed E-state index contributed by atoms with van der Waals surface area (Å²) in [6.45, 7) is 3.61. The highest BCUT2D eigenvalue weighted by atomic mass is 35.5. The summed E-state index contributed by atoms with van der Waals surface area (Å²) in [5.41, 5.74) is 2.10. The number of rotatable bonds is 5. The van der Waals surface area contributed by atoms with Gasteiger partial charge in [-0.25, -0.2) is 0 Å². The topological polar surface area (TPSA) is 65.4 Å². The van der Waals surface area contributed by atoms with Crippen LogP contribution in [-0.4, -0.2) is 36.6 Å². The van der Waals surface area contributed by atoms with Gasteiger partial charge in [-0.1, -0.05) is 17.7 Å². The van der Waals surface area contributed by atoms with Crippen molar-refractivity contribution in [2.24, 2.45) is 0 Å². The summed E-state index contributed by atoms with van der Waals surface area (Å²) in [5.74, 6) is 2.39. The molecule has 2 aromatic carbocycles. The summed E-state index contributed by atoms with van der Waals surface area (Å²) in [4.78, 5) is 14.7. The molecule has 1 aliphatic heterocycles. The summed E-state index contributed by atoms with van der Waals surface area (Å²) in [6.07, 6.45) is -0.712. The summed E-state index contributed by atoms with van der Waals surface area (Å²) in [5, 5.41) is 12.4. The third-order valence-corrected chi connectivity index (χ3v) is 5.46. The van der Waals surface area contributed by atoms with Crippen molar-refractivity contribution in [1.82, 2.24) is 0 Å². The molecule has 1 amide bonds. The first kappa shape index (κ1) is 19.4. The van der Waals surface area contributed by atoms with Crippen LogP contribution in [0.1, 0.15) is 12.5 Å². The molecule has 1 saturated heterocycles. The first-order valence-corrected chi connectivity index (χ1v) is 10.2. The van der Waals surface area contributed by atoms with E-state index >= 15 is 0 Å². The molecule has 1 N–H and O–H groups in total. The van der Waals surface area contributed by atoms with E-state index < -0.39 is 6.10 Å². The molecule has 1 unspecified atom stereocenters. The number of carbonyl (C=O) groups excluding carboxylic acids is 1. The number of hydrogen-bond donors (Lipinski definition) is 1. The van der Waals surface area contributed by atoms with Crippen molar-refractivity contribution < 1.29 is 9.53 Å². The van der Waals surface area contributed by atoms with Crippen LogP contribution >= 0.6 is 23.4 Å². The first-order chi connectivity index (χ1) is 13.1. The van der Waals surface area contributed by atoms with E-state index in [0.717, 1.165) is 30.3 Å². The van der Waals surface area contributed by atoms with Crippen LogP contribution < -0.4 is 15.0 Å². The van der Waals surface area contributed by atoms with Crippen LogP contribution in [0.3, 0.4) is 0 Å². The van der Waals surface area contributed by atoms with Crippen molar-refractivity contribution in [1.29, 1.82) is 5.26 Å². The Bertz CT molecular complexity index is 863. The molecule has 0 bridgehead atoms. The van der Waals surface area contributed by atoms with Gasteiger partial charge < -0.3 is 15.0 Å². The molecule has 1 heterocycles. The number of nitrogens with zero attached hydrogens (tertiary/aromatic N) is 2. The van der Waals surface area contributed by atoms with Crippen molar-refractivity contribution in [3.63, 3.8) is 0 Å². The van der Waals surface area contributed by atoms with Gasteiger partial charge in [-0.05, 0) is 43.3 Å². The normalized spacial score (nSPS) is 14.9. The fraction of sp³-hybridized carbons (Fsp3) is 0.300. The molecule has 7 heteroatoms.